The number of nitrogens with zero attached hydrogens (tertiary/aromatic N) is 1. The minimum Gasteiger partial charge on any atom is -0.459 e. The smallest absolute Gasteiger partial charge is 0.316 e. The van der Waals surface area contributed by atoms with Gasteiger partial charge < -0.3 is 16.2 Å². The maximum Gasteiger partial charge on any atom is 0.316 e. The Morgan fingerprint density at radius 3 is 2.58 bits per heavy atom. The zero-order valence-electron chi connectivity index (χ0n) is 11.1. The van der Waals surface area contributed by atoms with Gasteiger partial charge in [0, 0.05) is 0 Å². The Bertz CT molecular complexity index is 497. The molecule has 1 amide bonds. The molecule has 0 aliphatic rings. The SMILES string of the molecule is CC(C)(C)OC(=O)CSc1ncc(N)cc1C(N)=O. The van der Waals surface area contributed by atoms with Gasteiger partial charge in [-0.2, -0.15) is 0 Å². The van der Waals surface area contributed by atoms with Crippen LogP contribution < -0.4 is 11.5 Å². The number of nitrogen functional groups attached to an aromatic ring is 1. The standard InChI is InChI=1S/C12H17N3O3S/c1-12(2,3)18-9(16)6-19-11-8(10(14)17)4-7(13)5-15-11/h4-5H,6,13H2,1-3H3,(H2,14,17). The zero-order chi connectivity index (χ0) is 14.6. The maximum atomic E-state index is 11.6. The summed E-state index contributed by atoms with van der Waals surface area (Å²) in [6.45, 7) is 5.35. The van der Waals surface area contributed by atoms with E-state index in [-0.39, 0.29) is 17.3 Å². The normalized spacial score (nSPS) is 11.1. The predicted molar refractivity (Wildman–Crippen MR) is 73.7 cm³/mol. The largest absolute Gasteiger partial charge is 0.459 e. The number of ether oxygens (including phenoxy) is 1. The van der Waals surface area contributed by atoms with Crippen LogP contribution in [0, 0.1) is 0 Å². The Hall–Kier alpha value is -1.76. The van der Waals surface area contributed by atoms with Gasteiger partial charge in [0.15, 0.2) is 0 Å². The van der Waals surface area contributed by atoms with Crippen LogP contribution in [0.3, 0.4) is 0 Å². The molecule has 0 saturated carbocycles. The molecule has 0 atom stereocenters. The second-order valence-electron chi connectivity index (χ2n) is 4.86. The van der Waals surface area contributed by atoms with Crippen molar-refractivity contribution in [3.63, 3.8) is 0 Å². The molecule has 0 saturated heterocycles. The van der Waals surface area contributed by atoms with Crippen LogP contribution >= 0.6 is 11.8 Å². The van der Waals surface area contributed by atoms with Crippen molar-refractivity contribution in [2.75, 3.05) is 11.5 Å². The van der Waals surface area contributed by atoms with Gasteiger partial charge in [-0.1, -0.05) is 11.8 Å². The number of anilines is 1. The first-order valence-corrected chi connectivity index (χ1v) is 6.57. The fourth-order valence-electron chi connectivity index (χ4n) is 1.26. The van der Waals surface area contributed by atoms with Crippen LogP contribution in [-0.2, 0) is 9.53 Å². The molecular weight excluding hydrogens is 266 g/mol. The average Bonchev–Trinajstić information content (AvgIpc) is 2.24. The third-order valence-electron chi connectivity index (χ3n) is 1.88. The highest BCUT2D eigenvalue weighted by atomic mass is 32.2. The minimum atomic E-state index is -0.633. The molecule has 0 aliphatic carbocycles. The molecule has 0 fully saturated rings. The van der Waals surface area contributed by atoms with Crippen molar-refractivity contribution in [1.82, 2.24) is 4.98 Å². The number of primary amides is 1. The summed E-state index contributed by atoms with van der Waals surface area (Å²) in [6, 6.07) is 1.44. The summed E-state index contributed by atoms with van der Waals surface area (Å²) in [4.78, 5) is 26.8. The molecule has 0 unspecified atom stereocenters. The number of rotatable bonds is 4. The number of aromatic nitrogens is 1. The van der Waals surface area contributed by atoms with Gasteiger partial charge in [-0.15, -0.1) is 0 Å². The van der Waals surface area contributed by atoms with Crippen LogP contribution in [0.5, 0.6) is 0 Å². The van der Waals surface area contributed by atoms with Gasteiger partial charge in [0.05, 0.1) is 23.2 Å². The van der Waals surface area contributed by atoms with E-state index in [9.17, 15) is 9.59 Å². The van der Waals surface area contributed by atoms with E-state index in [2.05, 4.69) is 4.98 Å². The highest BCUT2D eigenvalue weighted by Gasteiger charge is 2.18. The monoisotopic (exact) mass is 283 g/mol. The van der Waals surface area contributed by atoms with Crippen LogP contribution in [-0.4, -0.2) is 28.2 Å². The molecule has 19 heavy (non-hydrogen) atoms. The molecule has 7 heteroatoms. The van der Waals surface area contributed by atoms with Crippen LogP contribution in [0.1, 0.15) is 31.1 Å². The molecule has 0 aromatic carbocycles. The second kappa shape index (κ2) is 5.92. The fourth-order valence-corrected chi connectivity index (χ4v) is 2.01. The number of thioether (sulfide) groups is 1. The molecule has 6 nitrogen and oxygen atoms in total. The number of carbonyl (C=O) groups is 2. The lowest BCUT2D eigenvalue weighted by Gasteiger charge is -2.19. The zero-order valence-corrected chi connectivity index (χ0v) is 11.9. The van der Waals surface area contributed by atoms with E-state index in [0.717, 1.165) is 11.8 Å². The van der Waals surface area contributed by atoms with Crippen LogP contribution in [0.25, 0.3) is 0 Å². The van der Waals surface area contributed by atoms with Crippen LogP contribution in [0.4, 0.5) is 5.69 Å². The molecule has 1 aromatic heterocycles. The van der Waals surface area contributed by atoms with E-state index >= 15 is 0 Å². The third-order valence-corrected chi connectivity index (χ3v) is 2.86. The van der Waals surface area contributed by atoms with Gasteiger partial charge in [0.2, 0.25) is 0 Å². The second-order valence-corrected chi connectivity index (χ2v) is 5.82. The molecular formula is C12H17N3O3S. The summed E-state index contributed by atoms with van der Waals surface area (Å²) in [5.74, 6) is -0.966. The van der Waals surface area contributed by atoms with Gasteiger partial charge >= 0.3 is 5.97 Å². The number of pyridine rings is 1. The van der Waals surface area contributed by atoms with E-state index in [1.807, 2.05) is 0 Å². The van der Waals surface area contributed by atoms with Crippen molar-refractivity contribution in [1.29, 1.82) is 0 Å². The lowest BCUT2D eigenvalue weighted by atomic mass is 10.2. The molecule has 4 N–H and O–H groups in total. The number of carbonyl (C=O) groups excluding carboxylic acids is 2. The fraction of sp³-hybridized carbons (Fsp3) is 0.417. The summed E-state index contributed by atoms with van der Waals surface area (Å²) >= 11 is 1.09. The maximum absolute atomic E-state index is 11.6. The Kier molecular flexibility index (Phi) is 4.77. The highest BCUT2D eigenvalue weighted by Crippen LogP contribution is 2.22. The van der Waals surface area contributed by atoms with E-state index in [1.54, 1.807) is 20.8 Å². The van der Waals surface area contributed by atoms with Crippen LogP contribution in [0.2, 0.25) is 0 Å². The van der Waals surface area contributed by atoms with Gasteiger partial charge in [-0.3, -0.25) is 9.59 Å². The van der Waals surface area contributed by atoms with Crippen molar-refractivity contribution in [3.8, 4) is 0 Å². The summed E-state index contributed by atoms with van der Waals surface area (Å²) in [7, 11) is 0. The molecule has 0 aliphatic heterocycles. The number of nitrogens with two attached hydrogens (primary N) is 2. The van der Waals surface area contributed by atoms with Crippen molar-refractivity contribution in [2.45, 2.75) is 31.4 Å². The Labute approximate surface area is 115 Å². The van der Waals surface area contributed by atoms with Gasteiger partial charge in [-0.25, -0.2) is 4.98 Å². The first-order valence-electron chi connectivity index (χ1n) is 5.59. The summed E-state index contributed by atoms with van der Waals surface area (Å²) in [5.41, 5.74) is 10.8. The van der Waals surface area contributed by atoms with Gasteiger partial charge in [0.1, 0.15) is 10.6 Å². The summed E-state index contributed by atoms with van der Waals surface area (Å²) < 4.78 is 5.16. The highest BCUT2D eigenvalue weighted by molar-refractivity contribution is 8.00. The first kappa shape index (κ1) is 15.3. The Morgan fingerprint density at radius 2 is 2.05 bits per heavy atom. The molecule has 0 radical (unpaired) electrons. The topological polar surface area (TPSA) is 108 Å². The number of esters is 1. The van der Waals surface area contributed by atoms with Crippen molar-refractivity contribution in [3.05, 3.63) is 17.8 Å². The lowest BCUT2D eigenvalue weighted by Crippen LogP contribution is -2.25. The average molecular weight is 283 g/mol. The van der Waals surface area contributed by atoms with Gasteiger partial charge in [-0.05, 0) is 26.8 Å². The molecule has 1 heterocycles. The lowest BCUT2D eigenvalue weighted by molar-refractivity contribution is -0.151. The van der Waals surface area contributed by atoms with Crippen molar-refractivity contribution in [2.24, 2.45) is 5.73 Å². The van der Waals surface area contributed by atoms with E-state index < -0.39 is 11.5 Å². The quantitative estimate of drug-likeness (QED) is 0.635. The third kappa shape index (κ3) is 5.17. The molecule has 1 rings (SSSR count). The molecule has 0 spiro atoms. The Morgan fingerprint density at radius 1 is 1.42 bits per heavy atom. The van der Waals surface area contributed by atoms with E-state index in [1.165, 1.54) is 12.3 Å². The number of hydrogen-bond acceptors (Lipinski definition) is 6. The minimum absolute atomic E-state index is 0.0501. The Balaban J connectivity index is 2.73. The van der Waals surface area contributed by atoms with E-state index in [0.29, 0.717) is 10.7 Å². The predicted octanol–water partition coefficient (Wildman–Crippen LogP) is 1.20. The number of hydrogen-bond donors (Lipinski definition) is 2. The summed E-state index contributed by atoms with van der Waals surface area (Å²) in [5, 5.41) is 0.368. The first-order chi connectivity index (χ1) is 8.69. The number of amides is 1. The van der Waals surface area contributed by atoms with Crippen LogP contribution in [0.15, 0.2) is 17.3 Å². The molecule has 1 aromatic rings. The molecule has 0 bridgehead atoms. The van der Waals surface area contributed by atoms with E-state index in [4.69, 9.17) is 16.2 Å². The molecule has 104 valence electrons. The summed E-state index contributed by atoms with van der Waals surface area (Å²) in [6.07, 6.45) is 1.41. The van der Waals surface area contributed by atoms with Gasteiger partial charge in [0.25, 0.3) is 5.91 Å². The van der Waals surface area contributed by atoms with Crippen molar-refractivity contribution < 1.29 is 14.3 Å². The van der Waals surface area contributed by atoms with Crippen molar-refractivity contribution >= 4 is 29.3 Å².